The minimum absolute atomic E-state index is 0.0321. The molecule has 1 unspecified atom stereocenters. The van der Waals surface area contributed by atoms with E-state index in [0.29, 0.717) is 5.69 Å². The van der Waals surface area contributed by atoms with E-state index in [2.05, 4.69) is 31.3 Å². The average Bonchev–Trinajstić information content (AvgIpc) is 3.17. The average molecular weight is 319 g/mol. The Morgan fingerprint density at radius 1 is 1.41 bits per heavy atom. The molecule has 0 radical (unpaired) electrons. The Morgan fingerprint density at radius 2 is 2.23 bits per heavy atom. The van der Waals surface area contributed by atoms with Crippen LogP contribution in [0.1, 0.15) is 67.3 Å². The van der Waals surface area contributed by atoms with Crippen molar-refractivity contribution >= 4 is 17.2 Å². The van der Waals surface area contributed by atoms with Gasteiger partial charge in [0.25, 0.3) is 5.91 Å². The van der Waals surface area contributed by atoms with Gasteiger partial charge in [-0.1, -0.05) is 25.9 Å². The number of carbonyl (C=O) groups excluding carboxylic acids is 1. The van der Waals surface area contributed by atoms with E-state index < -0.39 is 0 Å². The molecule has 1 fully saturated rings. The number of hydrogen-bond donors (Lipinski definition) is 0. The van der Waals surface area contributed by atoms with Crippen molar-refractivity contribution in [2.45, 2.75) is 51.5 Å². The van der Waals surface area contributed by atoms with Gasteiger partial charge in [0.05, 0.1) is 11.7 Å². The second kappa shape index (κ2) is 5.83. The van der Waals surface area contributed by atoms with Crippen LogP contribution in [0.25, 0.3) is 0 Å². The second-order valence-corrected chi connectivity index (χ2v) is 7.61. The lowest BCUT2D eigenvalue weighted by molar-refractivity contribution is 0.0600. The SMILES string of the molecule is CC(C)(C)c1csc(C2CCCCN2C(=O)c2ccon2)n1. The van der Waals surface area contributed by atoms with Gasteiger partial charge in [-0.05, 0) is 19.3 Å². The number of rotatable bonds is 2. The summed E-state index contributed by atoms with van der Waals surface area (Å²) >= 11 is 1.65. The summed E-state index contributed by atoms with van der Waals surface area (Å²) in [6, 6.07) is 1.68. The van der Waals surface area contributed by atoms with Gasteiger partial charge in [0.1, 0.15) is 11.3 Å². The molecule has 1 aliphatic heterocycles. The third-order valence-corrected chi connectivity index (χ3v) is 4.94. The van der Waals surface area contributed by atoms with E-state index in [-0.39, 0.29) is 17.4 Å². The summed E-state index contributed by atoms with van der Waals surface area (Å²) in [5, 5.41) is 6.92. The predicted octanol–water partition coefficient (Wildman–Crippen LogP) is 3.80. The number of hydrogen-bond acceptors (Lipinski definition) is 5. The summed E-state index contributed by atoms with van der Waals surface area (Å²) in [5.74, 6) is -0.0639. The number of carbonyl (C=O) groups is 1. The van der Waals surface area contributed by atoms with Crippen LogP contribution in [0.15, 0.2) is 22.2 Å². The minimum Gasteiger partial charge on any atom is -0.364 e. The maximum atomic E-state index is 12.6. The Morgan fingerprint density at radius 3 is 2.86 bits per heavy atom. The monoisotopic (exact) mass is 319 g/mol. The zero-order valence-electron chi connectivity index (χ0n) is 13.2. The Balaban J connectivity index is 1.87. The predicted molar refractivity (Wildman–Crippen MR) is 84.9 cm³/mol. The van der Waals surface area contributed by atoms with Gasteiger partial charge < -0.3 is 9.42 Å². The smallest absolute Gasteiger partial charge is 0.276 e. The van der Waals surface area contributed by atoms with Crippen molar-refractivity contribution in [2.24, 2.45) is 0 Å². The molecule has 118 valence electrons. The standard InChI is InChI=1S/C16H21N3O2S/c1-16(2,3)13-10-22-14(17-13)12-6-4-5-8-19(12)15(20)11-7-9-21-18-11/h7,9-10,12H,4-6,8H2,1-3H3. The summed E-state index contributed by atoms with van der Waals surface area (Å²) < 4.78 is 4.81. The zero-order chi connectivity index (χ0) is 15.7. The van der Waals surface area contributed by atoms with E-state index in [0.717, 1.165) is 36.5 Å². The van der Waals surface area contributed by atoms with Crippen LogP contribution >= 0.6 is 11.3 Å². The molecule has 2 aromatic rings. The highest BCUT2D eigenvalue weighted by atomic mass is 32.1. The molecule has 0 N–H and O–H groups in total. The molecule has 6 heteroatoms. The lowest BCUT2D eigenvalue weighted by Crippen LogP contribution is -2.38. The highest BCUT2D eigenvalue weighted by Gasteiger charge is 2.32. The van der Waals surface area contributed by atoms with Crippen molar-refractivity contribution in [3.05, 3.63) is 34.1 Å². The Kier molecular flexibility index (Phi) is 4.04. The highest BCUT2D eigenvalue weighted by Crippen LogP contribution is 2.35. The molecule has 0 bridgehead atoms. The number of thiazole rings is 1. The molecule has 1 atom stereocenters. The Bertz CT molecular complexity index is 643. The van der Waals surface area contributed by atoms with E-state index >= 15 is 0 Å². The summed E-state index contributed by atoms with van der Waals surface area (Å²) in [7, 11) is 0. The topological polar surface area (TPSA) is 59.2 Å². The first-order valence-electron chi connectivity index (χ1n) is 7.64. The van der Waals surface area contributed by atoms with Crippen molar-refractivity contribution in [3.63, 3.8) is 0 Å². The largest absolute Gasteiger partial charge is 0.364 e. The molecule has 1 amide bonds. The number of aromatic nitrogens is 2. The lowest BCUT2D eigenvalue weighted by atomic mass is 9.93. The third-order valence-electron chi connectivity index (χ3n) is 4.00. The van der Waals surface area contributed by atoms with Crippen LogP contribution in [0.2, 0.25) is 0 Å². The van der Waals surface area contributed by atoms with Gasteiger partial charge in [0, 0.05) is 23.4 Å². The molecule has 5 nitrogen and oxygen atoms in total. The highest BCUT2D eigenvalue weighted by molar-refractivity contribution is 7.09. The number of likely N-dealkylation sites (tertiary alicyclic amines) is 1. The van der Waals surface area contributed by atoms with Gasteiger partial charge in [-0.15, -0.1) is 11.3 Å². The molecular formula is C16H21N3O2S. The molecule has 3 rings (SSSR count). The van der Waals surface area contributed by atoms with Crippen LogP contribution < -0.4 is 0 Å². The van der Waals surface area contributed by atoms with E-state index in [9.17, 15) is 4.79 Å². The van der Waals surface area contributed by atoms with Gasteiger partial charge in [-0.2, -0.15) is 0 Å². The third kappa shape index (κ3) is 2.92. The van der Waals surface area contributed by atoms with Crippen molar-refractivity contribution in [2.75, 3.05) is 6.54 Å². The first-order valence-corrected chi connectivity index (χ1v) is 8.52. The molecule has 0 aromatic carbocycles. The Hall–Kier alpha value is -1.69. The normalized spacial score (nSPS) is 19.4. The molecule has 1 aliphatic rings. The fraction of sp³-hybridized carbons (Fsp3) is 0.562. The summed E-state index contributed by atoms with van der Waals surface area (Å²) in [6.07, 6.45) is 4.54. The first-order chi connectivity index (χ1) is 10.5. The summed E-state index contributed by atoms with van der Waals surface area (Å²) in [4.78, 5) is 19.3. The van der Waals surface area contributed by atoms with Crippen LogP contribution in [0, 0.1) is 0 Å². The van der Waals surface area contributed by atoms with E-state index in [1.54, 1.807) is 17.4 Å². The van der Waals surface area contributed by atoms with Gasteiger partial charge in [-0.3, -0.25) is 4.79 Å². The van der Waals surface area contributed by atoms with Crippen LogP contribution in [0.3, 0.4) is 0 Å². The van der Waals surface area contributed by atoms with E-state index in [1.807, 2.05) is 4.90 Å². The second-order valence-electron chi connectivity index (χ2n) is 6.72. The molecule has 22 heavy (non-hydrogen) atoms. The van der Waals surface area contributed by atoms with Gasteiger partial charge >= 0.3 is 0 Å². The van der Waals surface area contributed by atoms with Crippen LogP contribution in [0.5, 0.6) is 0 Å². The number of amides is 1. The van der Waals surface area contributed by atoms with E-state index in [4.69, 9.17) is 9.51 Å². The summed E-state index contributed by atoms with van der Waals surface area (Å²) in [5.41, 5.74) is 1.50. The van der Waals surface area contributed by atoms with Crippen molar-refractivity contribution < 1.29 is 9.32 Å². The van der Waals surface area contributed by atoms with Crippen LogP contribution in [0.4, 0.5) is 0 Å². The minimum atomic E-state index is -0.0639. The molecule has 0 spiro atoms. The molecular weight excluding hydrogens is 298 g/mol. The fourth-order valence-corrected chi connectivity index (χ4v) is 3.88. The maximum absolute atomic E-state index is 12.6. The van der Waals surface area contributed by atoms with Crippen molar-refractivity contribution in [3.8, 4) is 0 Å². The van der Waals surface area contributed by atoms with Gasteiger partial charge in [0.15, 0.2) is 5.69 Å². The van der Waals surface area contributed by atoms with Crippen molar-refractivity contribution in [1.29, 1.82) is 0 Å². The molecule has 1 saturated heterocycles. The number of piperidine rings is 1. The first kappa shape index (κ1) is 15.2. The molecule has 2 aromatic heterocycles. The van der Waals surface area contributed by atoms with Crippen molar-refractivity contribution in [1.82, 2.24) is 15.0 Å². The van der Waals surface area contributed by atoms with E-state index in [1.165, 1.54) is 6.26 Å². The maximum Gasteiger partial charge on any atom is 0.276 e. The summed E-state index contributed by atoms with van der Waals surface area (Å²) in [6.45, 7) is 7.22. The molecule has 0 aliphatic carbocycles. The van der Waals surface area contributed by atoms with Gasteiger partial charge in [0.2, 0.25) is 0 Å². The fourth-order valence-electron chi connectivity index (χ4n) is 2.69. The molecule has 3 heterocycles. The Labute approximate surface area is 134 Å². The quantitative estimate of drug-likeness (QED) is 0.845. The number of nitrogens with zero attached hydrogens (tertiary/aromatic N) is 3. The lowest BCUT2D eigenvalue weighted by Gasteiger charge is -2.34. The van der Waals surface area contributed by atoms with Gasteiger partial charge in [-0.25, -0.2) is 4.98 Å². The molecule has 0 saturated carbocycles. The zero-order valence-corrected chi connectivity index (χ0v) is 14.0. The van der Waals surface area contributed by atoms with Crippen LogP contribution in [-0.2, 0) is 5.41 Å². The van der Waals surface area contributed by atoms with Crippen LogP contribution in [-0.4, -0.2) is 27.5 Å².